The second-order valence-electron chi connectivity index (χ2n) is 9.38. The molecule has 4 rings (SSSR count). The lowest BCUT2D eigenvalue weighted by Crippen LogP contribution is -2.47. The number of fused-ring (bicyclic) bond motifs is 1. The molecule has 0 saturated carbocycles. The summed E-state index contributed by atoms with van der Waals surface area (Å²) in [6, 6.07) is 0.800. The van der Waals surface area contributed by atoms with E-state index in [2.05, 4.69) is 37.8 Å². The largest absolute Gasteiger partial charge is 0.346 e. The van der Waals surface area contributed by atoms with Gasteiger partial charge in [0.15, 0.2) is 4.96 Å². The lowest BCUT2D eigenvalue weighted by molar-refractivity contribution is -0.130. The Balaban J connectivity index is 1.16. The fourth-order valence-corrected chi connectivity index (χ4v) is 5.97. The average molecular weight is 432 g/mol. The summed E-state index contributed by atoms with van der Waals surface area (Å²) in [5.74, 6) is 1.03. The minimum Gasteiger partial charge on any atom is -0.346 e. The number of carbonyl (C=O) groups excluding carboxylic acids is 1. The van der Waals surface area contributed by atoms with Crippen LogP contribution in [0, 0.1) is 12.8 Å². The number of amides is 1. The number of imidazole rings is 1. The first-order valence-corrected chi connectivity index (χ1v) is 12.5. The quantitative estimate of drug-likeness (QED) is 0.675. The smallest absolute Gasteiger partial charge is 0.222 e. The van der Waals surface area contributed by atoms with E-state index in [-0.39, 0.29) is 5.91 Å². The molecular weight excluding hydrogens is 394 g/mol. The maximum atomic E-state index is 12.6. The van der Waals surface area contributed by atoms with E-state index >= 15 is 0 Å². The number of aryl methyl sites for hydroxylation is 2. The molecule has 2 saturated heterocycles. The third kappa shape index (κ3) is 5.24. The number of piperidine rings is 2. The van der Waals surface area contributed by atoms with E-state index in [4.69, 9.17) is 0 Å². The van der Waals surface area contributed by atoms with E-state index in [0.29, 0.717) is 6.42 Å². The molecule has 0 bridgehead atoms. The molecule has 0 aromatic carbocycles. The fraction of sp³-hybridized carbons (Fsp3) is 0.739. The number of rotatable bonds is 7. The Morgan fingerprint density at radius 2 is 1.93 bits per heavy atom. The highest BCUT2D eigenvalue weighted by molar-refractivity contribution is 7.15. The Morgan fingerprint density at radius 3 is 2.67 bits per heavy atom. The van der Waals surface area contributed by atoms with Gasteiger partial charge in [-0.05, 0) is 84.6 Å². The summed E-state index contributed by atoms with van der Waals surface area (Å²) in [6.45, 7) is 7.88. The van der Waals surface area contributed by atoms with Crippen LogP contribution in [-0.2, 0) is 11.2 Å². The number of aromatic nitrogens is 2. The summed E-state index contributed by atoms with van der Waals surface area (Å²) in [6.07, 6.45) is 9.81. The molecule has 0 unspecified atom stereocenters. The second kappa shape index (κ2) is 9.79. The van der Waals surface area contributed by atoms with Crippen LogP contribution in [0.25, 0.3) is 4.96 Å². The Bertz CT molecular complexity index is 830. The summed E-state index contributed by atoms with van der Waals surface area (Å²) in [7, 11) is 4.21. The molecule has 0 aliphatic carbocycles. The van der Waals surface area contributed by atoms with Crippen molar-refractivity contribution < 1.29 is 4.79 Å². The van der Waals surface area contributed by atoms with E-state index in [0.717, 1.165) is 42.0 Å². The number of hydrogen-bond donors (Lipinski definition) is 0. The van der Waals surface area contributed by atoms with Crippen molar-refractivity contribution in [2.45, 2.75) is 57.9 Å². The van der Waals surface area contributed by atoms with Crippen LogP contribution < -0.4 is 0 Å². The highest BCUT2D eigenvalue weighted by Crippen LogP contribution is 2.25. The summed E-state index contributed by atoms with van der Waals surface area (Å²) < 4.78 is 2.13. The number of thiazole rings is 1. The molecule has 2 aromatic heterocycles. The summed E-state index contributed by atoms with van der Waals surface area (Å²) in [4.78, 5) is 25.3. The zero-order chi connectivity index (χ0) is 21.1. The van der Waals surface area contributed by atoms with Gasteiger partial charge in [0, 0.05) is 43.3 Å². The molecule has 2 aliphatic rings. The minimum absolute atomic E-state index is 0.259. The number of likely N-dealkylation sites (tertiary alicyclic amines) is 2. The van der Waals surface area contributed by atoms with Gasteiger partial charge in [-0.3, -0.25) is 9.20 Å². The molecule has 2 fully saturated rings. The van der Waals surface area contributed by atoms with Crippen molar-refractivity contribution >= 4 is 22.2 Å². The third-order valence-electron chi connectivity index (χ3n) is 7.15. The van der Waals surface area contributed by atoms with Gasteiger partial charge in [0.05, 0.1) is 5.69 Å². The zero-order valence-corrected chi connectivity index (χ0v) is 19.7. The predicted octanol–water partition coefficient (Wildman–Crippen LogP) is 3.29. The van der Waals surface area contributed by atoms with E-state index in [9.17, 15) is 4.79 Å². The average Bonchev–Trinajstić information content (AvgIpc) is 3.30. The van der Waals surface area contributed by atoms with Gasteiger partial charge in [-0.2, -0.15) is 0 Å². The molecule has 6 nitrogen and oxygen atoms in total. The molecule has 4 heterocycles. The number of hydrogen-bond acceptors (Lipinski definition) is 5. The Labute approximate surface area is 184 Å². The predicted molar refractivity (Wildman–Crippen MR) is 123 cm³/mol. The van der Waals surface area contributed by atoms with Gasteiger partial charge in [0.25, 0.3) is 0 Å². The lowest BCUT2D eigenvalue weighted by atomic mass is 9.91. The first-order valence-electron chi connectivity index (χ1n) is 11.6. The maximum absolute atomic E-state index is 12.6. The minimum atomic E-state index is 0.259. The van der Waals surface area contributed by atoms with Gasteiger partial charge in [0.2, 0.25) is 5.91 Å². The molecule has 2 aliphatic heterocycles. The van der Waals surface area contributed by atoms with Crippen LogP contribution in [0.4, 0.5) is 0 Å². The Morgan fingerprint density at radius 1 is 1.20 bits per heavy atom. The Hall–Kier alpha value is -1.44. The molecule has 166 valence electrons. The summed E-state index contributed by atoms with van der Waals surface area (Å²) in [5, 5.41) is 2.13. The van der Waals surface area contributed by atoms with Crippen LogP contribution in [0.3, 0.4) is 0 Å². The van der Waals surface area contributed by atoms with Crippen LogP contribution in [0.15, 0.2) is 11.6 Å². The van der Waals surface area contributed by atoms with Crippen molar-refractivity contribution in [3.05, 3.63) is 23.0 Å². The van der Waals surface area contributed by atoms with Crippen molar-refractivity contribution in [1.82, 2.24) is 24.1 Å². The van der Waals surface area contributed by atoms with Gasteiger partial charge in [-0.1, -0.05) is 0 Å². The van der Waals surface area contributed by atoms with Crippen LogP contribution in [0.1, 0.15) is 49.9 Å². The molecule has 30 heavy (non-hydrogen) atoms. The molecule has 0 N–H and O–H groups in total. The van der Waals surface area contributed by atoms with E-state index in [1.807, 2.05) is 18.9 Å². The monoisotopic (exact) mass is 431 g/mol. The summed E-state index contributed by atoms with van der Waals surface area (Å²) in [5.41, 5.74) is 2.23. The van der Waals surface area contributed by atoms with Crippen molar-refractivity contribution in [2.24, 2.45) is 5.92 Å². The normalized spacial score (nSPS) is 20.2. The molecule has 0 radical (unpaired) electrons. The van der Waals surface area contributed by atoms with Gasteiger partial charge in [-0.25, -0.2) is 4.98 Å². The SMILES string of the molecule is Cc1cn2c(CCC(=O)N(C)CCC3CCN(C4CCN(C)CC4)CC3)csc2n1. The van der Waals surface area contributed by atoms with Crippen LogP contribution in [0.2, 0.25) is 0 Å². The maximum Gasteiger partial charge on any atom is 0.222 e. The first-order chi connectivity index (χ1) is 14.5. The number of carbonyl (C=O) groups is 1. The third-order valence-corrected chi connectivity index (χ3v) is 8.04. The van der Waals surface area contributed by atoms with E-state index in [1.54, 1.807) is 11.3 Å². The molecule has 2 aromatic rings. The van der Waals surface area contributed by atoms with E-state index in [1.165, 1.54) is 57.6 Å². The van der Waals surface area contributed by atoms with Gasteiger partial charge in [0.1, 0.15) is 0 Å². The highest BCUT2D eigenvalue weighted by atomic mass is 32.1. The van der Waals surface area contributed by atoms with Crippen LogP contribution >= 0.6 is 11.3 Å². The van der Waals surface area contributed by atoms with Crippen LogP contribution in [0.5, 0.6) is 0 Å². The fourth-order valence-electron chi connectivity index (χ4n) is 5.02. The highest BCUT2D eigenvalue weighted by Gasteiger charge is 2.27. The van der Waals surface area contributed by atoms with Crippen LogP contribution in [-0.4, -0.2) is 82.9 Å². The number of nitrogens with zero attached hydrogens (tertiary/aromatic N) is 5. The zero-order valence-electron chi connectivity index (χ0n) is 18.8. The lowest BCUT2D eigenvalue weighted by Gasteiger charge is -2.41. The van der Waals surface area contributed by atoms with Crippen molar-refractivity contribution in [2.75, 3.05) is 46.8 Å². The Kier molecular flexibility index (Phi) is 7.11. The van der Waals surface area contributed by atoms with E-state index < -0.39 is 0 Å². The molecule has 1 amide bonds. The van der Waals surface area contributed by atoms with Gasteiger partial charge >= 0.3 is 0 Å². The van der Waals surface area contributed by atoms with Gasteiger partial charge in [-0.15, -0.1) is 11.3 Å². The van der Waals surface area contributed by atoms with Gasteiger partial charge < -0.3 is 14.7 Å². The standard InChI is InChI=1S/C23H37N5OS/c1-18-16-28-21(17-30-23(28)24-18)4-5-22(29)26(3)13-6-19-7-14-27(15-8-19)20-9-11-25(2)12-10-20/h16-17,19-20H,4-15H2,1-3H3. The van der Waals surface area contributed by atoms with Crippen molar-refractivity contribution in [1.29, 1.82) is 0 Å². The molecule has 0 spiro atoms. The van der Waals surface area contributed by atoms with Crippen molar-refractivity contribution in [3.63, 3.8) is 0 Å². The topological polar surface area (TPSA) is 44.1 Å². The molecule has 7 heteroatoms. The van der Waals surface area contributed by atoms with Crippen molar-refractivity contribution in [3.8, 4) is 0 Å². The molecular formula is C23H37N5OS. The second-order valence-corrected chi connectivity index (χ2v) is 10.2. The molecule has 0 atom stereocenters. The summed E-state index contributed by atoms with van der Waals surface area (Å²) >= 11 is 1.65. The first kappa shape index (κ1) is 21.8.